The van der Waals surface area contributed by atoms with Crippen molar-refractivity contribution in [1.82, 2.24) is 25.2 Å². The highest BCUT2D eigenvalue weighted by molar-refractivity contribution is 5.99. The van der Waals surface area contributed by atoms with Crippen molar-refractivity contribution in [2.75, 3.05) is 0 Å². The first kappa shape index (κ1) is 13.4. The van der Waals surface area contributed by atoms with Crippen LogP contribution in [0.5, 0.6) is 0 Å². The zero-order chi connectivity index (χ0) is 15.5. The lowest BCUT2D eigenvalue weighted by atomic mass is 10.2. The lowest BCUT2D eigenvalue weighted by Crippen LogP contribution is -2.01. The number of nitrogens with one attached hydrogen (secondary N) is 1. The number of fused-ring (bicyclic) bond motifs is 1. The van der Waals surface area contributed by atoms with Crippen LogP contribution in [0.3, 0.4) is 0 Å². The van der Waals surface area contributed by atoms with Crippen molar-refractivity contribution >= 4 is 23.1 Å². The van der Waals surface area contributed by atoms with E-state index in [9.17, 15) is 0 Å². The van der Waals surface area contributed by atoms with Gasteiger partial charge in [-0.1, -0.05) is 53.6 Å². The van der Waals surface area contributed by atoms with E-state index in [-0.39, 0.29) is 0 Å². The fourth-order valence-corrected chi connectivity index (χ4v) is 2.48. The zero-order valence-corrected chi connectivity index (χ0v) is 12.3. The minimum Gasteiger partial charge on any atom is -0.361 e. The molecule has 4 rings (SSSR count). The van der Waals surface area contributed by atoms with Gasteiger partial charge in [-0.3, -0.25) is 0 Å². The summed E-state index contributed by atoms with van der Waals surface area (Å²) in [6.45, 7) is 0.592. The smallest absolute Gasteiger partial charge is 0.269 e. The van der Waals surface area contributed by atoms with Crippen LogP contribution in [0.2, 0.25) is 0 Å². The lowest BCUT2D eigenvalue weighted by Gasteiger charge is -2.01. The van der Waals surface area contributed by atoms with Crippen molar-refractivity contribution in [2.24, 2.45) is 4.99 Å². The molecule has 0 amide bonds. The Labute approximate surface area is 132 Å². The van der Waals surface area contributed by atoms with Gasteiger partial charge in [-0.15, -0.1) is 0 Å². The number of aromatic amines is 1. The molecule has 2 heterocycles. The number of hydrogen-bond acceptors (Lipinski definition) is 4. The molecule has 0 aliphatic rings. The van der Waals surface area contributed by atoms with Gasteiger partial charge in [0.2, 0.25) is 0 Å². The van der Waals surface area contributed by atoms with Gasteiger partial charge in [0.25, 0.3) is 5.95 Å². The number of aliphatic imine (C=N–C) groups is 1. The monoisotopic (exact) mass is 302 g/mol. The average Bonchev–Trinajstić information content (AvgIpc) is 3.21. The topological polar surface area (TPSA) is 71.8 Å². The molecule has 1 N–H and O–H groups in total. The summed E-state index contributed by atoms with van der Waals surface area (Å²) in [5.74, 6) is 0.485. The van der Waals surface area contributed by atoms with Crippen LogP contribution in [0.15, 0.2) is 65.8 Å². The van der Waals surface area contributed by atoms with E-state index in [4.69, 9.17) is 0 Å². The number of tetrazole rings is 1. The highest BCUT2D eigenvalue weighted by Gasteiger charge is 2.05. The summed E-state index contributed by atoms with van der Waals surface area (Å²) >= 11 is 0. The second-order valence-corrected chi connectivity index (χ2v) is 5.17. The first-order valence-electron chi connectivity index (χ1n) is 7.30. The molecule has 0 radical (unpaired) electrons. The van der Waals surface area contributed by atoms with E-state index < -0.39 is 0 Å². The van der Waals surface area contributed by atoms with E-state index in [0.717, 1.165) is 22.0 Å². The minimum atomic E-state index is 0.485. The molecule has 0 saturated heterocycles. The number of H-pyrrole nitrogens is 1. The Morgan fingerprint density at radius 1 is 1.04 bits per heavy atom. The molecule has 2 aromatic heterocycles. The number of benzene rings is 2. The van der Waals surface area contributed by atoms with Crippen LogP contribution >= 0.6 is 0 Å². The quantitative estimate of drug-likeness (QED) is 0.589. The number of nitrogens with zero attached hydrogens (tertiary/aromatic N) is 5. The number of para-hydroxylation sites is 1. The van der Waals surface area contributed by atoms with Gasteiger partial charge in [0.15, 0.2) is 0 Å². The molecule has 0 aliphatic carbocycles. The number of rotatable bonds is 4. The molecule has 0 bridgehead atoms. The summed E-state index contributed by atoms with van der Waals surface area (Å²) in [5, 5.41) is 12.8. The summed E-state index contributed by atoms with van der Waals surface area (Å²) in [7, 11) is 0. The fourth-order valence-electron chi connectivity index (χ4n) is 2.48. The van der Waals surface area contributed by atoms with Crippen molar-refractivity contribution in [3.05, 3.63) is 71.9 Å². The number of aromatic nitrogens is 5. The van der Waals surface area contributed by atoms with Gasteiger partial charge in [0.1, 0.15) is 0 Å². The van der Waals surface area contributed by atoms with E-state index >= 15 is 0 Å². The maximum atomic E-state index is 4.44. The van der Waals surface area contributed by atoms with Crippen LogP contribution < -0.4 is 0 Å². The fraction of sp³-hybridized carbons (Fsp3) is 0.0588. The van der Waals surface area contributed by atoms with Gasteiger partial charge >= 0.3 is 0 Å². The molecular formula is C17H14N6. The summed E-state index contributed by atoms with van der Waals surface area (Å²) in [4.78, 5) is 7.66. The lowest BCUT2D eigenvalue weighted by molar-refractivity contribution is 0.651. The molecule has 6 nitrogen and oxygen atoms in total. The molecule has 0 spiro atoms. The second kappa shape index (κ2) is 5.84. The average molecular weight is 302 g/mol. The van der Waals surface area contributed by atoms with Crippen LogP contribution in [-0.2, 0) is 6.54 Å². The zero-order valence-electron chi connectivity index (χ0n) is 12.3. The predicted octanol–water partition coefficient (Wildman–Crippen LogP) is 2.95. The molecule has 0 unspecified atom stereocenters. The van der Waals surface area contributed by atoms with Gasteiger partial charge < -0.3 is 4.98 Å². The van der Waals surface area contributed by atoms with Crippen molar-refractivity contribution in [3.8, 4) is 0 Å². The van der Waals surface area contributed by atoms with Crippen molar-refractivity contribution in [2.45, 2.75) is 6.54 Å². The predicted molar refractivity (Wildman–Crippen MR) is 88.9 cm³/mol. The number of hydrogen-bond donors (Lipinski definition) is 1. The van der Waals surface area contributed by atoms with E-state index in [1.54, 1.807) is 10.9 Å². The SMILES string of the molecule is C(=N\c1nnnn1Cc1ccccc1)/c1c[nH]c2ccccc12. The van der Waals surface area contributed by atoms with Gasteiger partial charge in [-0.25, -0.2) is 9.67 Å². The Morgan fingerprint density at radius 2 is 1.87 bits per heavy atom. The Bertz CT molecular complexity index is 951. The van der Waals surface area contributed by atoms with Crippen LogP contribution in [0.1, 0.15) is 11.1 Å². The Kier molecular flexibility index (Phi) is 3.40. The third-order valence-electron chi connectivity index (χ3n) is 3.63. The molecular weight excluding hydrogens is 288 g/mol. The largest absolute Gasteiger partial charge is 0.361 e. The van der Waals surface area contributed by atoms with Gasteiger partial charge in [-0.05, 0) is 22.1 Å². The summed E-state index contributed by atoms with van der Waals surface area (Å²) < 4.78 is 1.68. The molecule has 0 aliphatic heterocycles. The third kappa shape index (κ3) is 2.74. The summed E-state index contributed by atoms with van der Waals surface area (Å²) in [6, 6.07) is 18.1. The second-order valence-electron chi connectivity index (χ2n) is 5.17. The molecule has 2 aromatic carbocycles. The van der Waals surface area contributed by atoms with Crippen molar-refractivity contribution in [1.29, 1.82) is 0 Å². The molecule has 23 heavy (non-hydrogen) atoms. The molecule has 112 valence electrons. The molecule has 6 heteroatoms. The van der Waals surface area contributed by atoms with Crippen molar-refractivity contribution in [3.63, 3.8) is 0 Å². The Morgan fingerprint density at radius 3 is 2.78 bits per heavy atom. The normalized spacial score (nSPS) is 11.5. The van der Waals surface area contributed by atoms with Gasteiger partial charge in [-0.2, -0.15) is 0 Å². The Balaban J connectivity index is 1.61. The maximum Gasteiger partial charge on any atom is 0.269 e. The van der Waals surface area contributed by atoms with E-state index in [2.05, 4.69) is 31.6 Å². The highest BCUT2D eigenvalue weighted by Crippen LogP contribution is 2.17. The van der Waals surface area contributed by atoms with E-state index in [1.807, 2.05) is 54.7 Å². The standard InChI is InChI=1S/C17H14N6/c1-2-6-13(7-3-1)12-23-17(20-21-22-23)19-11-14-10-18-16-9-5-4-8-15(14)16/h1-11,18H,12H2/b19-11+. The molecule has 0 saturated carbocycles. The molecule has 0 atom stereocenters. The maximum absolute atomic E-state index is 4.44. The van der Waals surface area contributed by atoms with Crippen LogP contribution in [0.4, 0.5) is 5.95 Å². The van der Waals surface area contributed by atoms with Crippen molar-refractivity contribution < 1.29 is 0 Å². The minimum absolute atomic E-state index is 0.485. The Hall–Kier alpha value is -3.28. The van der Waals surface area contributed by atoms with Crippen LogP contribution in [0.25, 0.3) is 10.9 Å². The summed E-state index contributed by atoms with van der Waals surface area (Å²) in [5.41, 5.74) is 3.22. The molecule has 0 fully saturated rings. The van der Waals surface area contributed by atoms with Gasteiger partial charge in [0.05, 0.1) is 6.54 Å². The summed E-state index contributed by atoms with van der Waals surface area (Å²) in [6.07, 6.45) is 3.71. The van der Waals surface area contributed by atoms with E-state index in [0.29, 0.717) is 12.5 Å². The van der Waals surface area contributed by atoms with Crippen LogP contribution in [0, 0.1) is 0 Å². The first-order valence-corrected chi connectivity index (χ1v) is 7.30. The first-order chi connectivity index (χ1) is 11.4. The van der Waals surface area contributed by atoms with Gasteiger partial charge in [0, 0.05) is 28.9 Å². The molecule has 4 aromatic rings. The van der Waals surface area contributed by atoms with E-state index in [1.165, 1.54) is 0 Å². The van der Waals surface area contributed by atoms with Crippen LogP contribution in [-0.4, -0.2) is 31.4 Å². The third-order valence-corrected chi connectivity index (χ3v) is 3.63. The highest BCUT2D eigenvalue weighted by atomic mass is 15.6.